The number of rotatable bonds is 4. The number of halogens is 1. The molecule has 5 nitrogen and oxygen atoms in total. The second-order valence-electron chi connectivity index (χ2n) is 6.07. The van der Waals surface area contributed by atoms with Crippen molar-refractivity contribution in [3.8, 4) is 0 Å². The van der Waals surface area contributed by atoms with Gasteiger partial charge in [0.1, 0.15) is 0 Å². The zero-order valence-corrected chi connectivity index (χ0v) is 14.7. The van der Waals surface area contributed by atoms with Crippen LogP contribution in [0.3, 0.4) is 0 Å². The normalized spacial score (nSPS) is 15.0. The van der Waals surface area contributed by atoms with E-state index < -0.39 is 0 Å². The Balaban J connectivity index is 0.00000208. The average Bonchev–Trinajstić information content (AvgIpc) is 2.59. The number of nitrogens with zero attached hydrogens (tertiary/aromatic N) is 1. The summed E-state index contributed by atoms with van der Waals surface area (Å²) in [6.07, 6.45) is 2.84. The molecule has 1 aliphatic rings. The first-order valence-corrected chi connectivity index (χ1v) is 8.34. The topological polar surface area (TPSA) is 65.2 Å². The standard InChI is InChI=1S/C18H23N3O2.ClH/c1-2-11-21(13-7-9-19-10-8-13)18(23)15-12-17(22)20-16-6-4-3-5-14(15)16;/h3-6,12-13,19H,2,7-11H2,1H3,(H,20,22);1H. The van der Waals surface area contributed by atoms with Crippen LogP contribution in [0.25, 0.3) is 10.9 Å². The van der Waals surface area contributed by atoms with Crippen molar-refractivity contribution in [1.29, 1.82) is 0 Å². The third-order valence-corrected chi connectivity index (χ3v) is 4.46. The molecule has 2 heterocycles. The summed E-state index contributed by atoms with van der Waals surface area (Å²) in [7, 11) is 0. The minimum absolute atomic E-state index is 0. The monoisotopic (exact) mass is 349 g/mol. The number of H-pyrrole nitrogens is 1. The number of hydrogen-bond donors (Lipinski definition) is 2. The maximum atomic E-state index is 13.2. The molecule has 2 N–H and O–H groups in total. The second kappa shape index (κ2) is 8.31. The number of amides is 1. The molecule has 0 unspecified atom stereocenters. The van der Waals surface area contributed by atoms with E-state index in [2.05, 4.69) is 17.2 Å². The van der Waals surface area contributed by atoms with Crippen LogP contribution in [-0.2, 0) is 0 Å². The van der Waals surface area contributed by atoms with Gasteiger partial charge in [-0.15, -0.1) is 12.4 Å². The quantitative estimate of drug-likeness (QED) is 0.891. The van der Waals surface area contributed by atoms with Crippen molar-refractivity contribution in [3.63, 3.8) is 0 Å². The molecule has 2 aromatic rings. The van der Waals surface area contributed by atoms with Gasteiger partial charge in [0.15, 0.2) is 0 Å². The summed E-state index contributed by atoms with van der Waals surface area (Å²) in [5.74, 6) is -0.0268. The Hall–Kier alpha value is -1.85. The Labute approximate surface area is 147 Å². The molecule has 3 rings (SSSR count). The Morgan fingerprint density at radius 3 is 2.67 bits per heavy atom. The molecule has 0 bridgehead atoms. The molecular weight excluding hydrogens is 326 g/mol. The first-order chi connectivity index (χ1) is 11.2. The number of piperidine rings is 1. The maximum absolute atomic E-state index is 13.2. The summed E-state index contributed by atoms with van der Waals surface area (Å²) in [6.45, 7) is 4.68. The number of aromatic amines is 1. The molecule has 24 heavy (non-hydrogen) atoms. The van der Waals surface area contributed by atoms with Gasteiger partial charge < -0.3 is 15.2 Å². The fourth-order valence-corrected chi connectivity index (χ4v) is 3.35. The van der Waals surface area contributed by atoms with E-state index in [1.54, 1.807) is 0 Å². The van der Waals surface area contributed by atoms with E-state index in [0.29, 0.717) is 11.1 Å². The van der Waals surface area contributed by atoms with Gasteiger partial charge in [0.05, 0.1) is 5.56 Å². The van der Waals surface area contributed by atoms with Crippen LogP contribution in [0.5, 0.6) is 0 Å². The van der Waals surface area contributed by atoms with Gasteiger partial charge >= 0.3 is 0 Å². The maximum Gasteiger partial charge on any atom is 0.254 e. The largest absolute Gasteiger partial charge is 0.336 e. The highest BCUT2D eigenvalue weighted by Gasteiger charge is 2.26. The lowest BCUT2D eigenvalue weighted by Crippen LogP contribution is -2.46. The van der Waals surface area contributed by atoms with Crippen LogP contribution in [0.1, 0.15) is 36.5 Å². The summed E-state index contributed by atoms with van der Waals surface area (Å²) in [5, 5.41) is 4.15. The number of pyridine rings is 1. The number of benzene rings is 1. The third kappa shape index (κ3) is 3.79. The van der Waals surface area contributed by atoms with Gasteiger partial charge in [-0.05, 0) is 38.4 Å². The minimum Gasteiger partial charge on any atom is -0.336 e. The highest BCUT2D eigenvalue weighted by atomic mass is 35.5. The van der Waals surface area contributed by atoms with Crippen LogP contribution in [0, 0.1) is 0 Å². The molecule has 1 aromatic carbocycles. The molecule has 1 fully saturated rings. The molecule has 1 saturated heterocycles. The second-order valence-corrected chi connectivity index (χ2v) is 6.07. The molecule has 0 aliphatic carbocycles. The van der Waals surface area contributed by atoms with Crippen molar-refractivity contribution in [2.75, 3.05) is 19.6 Å². The van der Waals surface area contributed by atoms with Crippen LogP contribution in [-0.4, -0.2) is 41.5 Å². The summed E-state index contributed by atoms with van der Waals surface area (Å²) < 4.78 is 0. The van der Waals surface area contributed by atoms with E-state index in [1.165, 1.54) is 6.07 Å². The Morgan fingerprint density at radius 2 is 1.96 bits per heavy atom. The van der Waals surface area contributed by atoms with Crippen LogP contribution < -0.4 is 10.9 Å². The summed E-state index contributed by atoms with van der Waals surface area (Å²) >= 11 is 0. The van der Waals surface area contributed by atoms with Crippen LogP contribution in [0.4, 0.5) is 0 Å². The predicted octanol–water partition coefficient (Wildman–Crippen LogP) is 2.55. The van der Waals surface area contributed by atoms with Crippen molar-refractivity contribution in [1.82, 2.24) is 15.2 Å². The van der Waals surface area contributed by atoms with Crippen LogP contribution in [0.2, 0.25) is 0 Å². The van der Waals surface area contributed by atoms with Gasteiger partial charge in [-0.1, -0.05) is 25.1 Å². The van der Waals surface area contributed by atoms with Crippen molar-refractivity contribution in [2.24, 2.45) is 0 Å². The molecule has 0 atom stereocenters. The van der Waals surface area contributed by atoms with Crippen molar-refractivity contribution in [2.45, 2.75) is 32.2 Å². The lowest BCUT2D eigenvalue weighted by Gasteiger charge is -2.34. The molecule has 0 saturated carbocycles. The van der Waals surface area contributed by atoms with Crippen molar-refractivity contribution in [3.05, 3.63) is 46.2 Å². The van der Waals surface area contributed by atoms with Crippen LogP contribution in [0.15, 0.2) is 35.1 Å². The van der Waals surface area contributed by atoms with E-state index in [4.69, 9.17) is 0 Å². The molecule has 1 aliphatic heterocycles. The van der Waals surface area contributed by atoms with E-state index >= 15 is 0 Å². The van der Waals surface area contributed by atoms with Gasteiger partial charge in [-0.2, -0.15) is 0 Å². The van der Waals surface area contributed by atoms with Crippen LogP contribution >= 0.6 is 12.4 Å². The fourth-order valence-electron chi connectivity index (χ4n) is 3.35. The molecule has 130 valence electrons. The lowest BCUT2D eigenvalue weighted by atomic mass is 10.0. The van der Waals surface area contributed by atoms with Crippen molar-refractivity contribution >= 4 is 29.2 Å². The lowest BCUT2D eigenvalue weighted by molar-refractivity contribution is 0.0644. The number of carbonyl (C=O) groups is 1. The third-order valence-electron chi connectivity index (χ3n) is 4.46. The smallest absolute Gasteiger partial charge is 0.254 e. The Bertz CT molecular complexity index is 753. The highest BCUT2D eigenvalue weighted by molar-refractivity contribution is 6.06. The number of hydrogen-bond acceptors (Lipinski definition) is 3. The van der Waals surface area contributed by atoms with Gasteiger partial charge in [-0.3, -0.25) is 9.59 Å². The molecule has 1 amide bonds. The average molecular weight is 350 g/mol. The number of aromatic nitrogens is 1. The van der Waals surface area contributed by atoms with Gasteiger partial charge in [0.25, 0.3) is 5.91 Å². The van der Waals surface area contributed by atoms with Gasteiger partial charge in [0.2, 0.25) is 5.56 Å². The fraction of sp³-hybridized carbons (Fsp3) is 0.444. The Kier molecular flexibility index (Phi) is 6.40. The molecule has 0 radical (unpaired) electrons. The van der Waals surface area contributed by atoms with E-state index in [9.17, 15) is 9.59 Å². The molecule has 1 aromatic heterocycles. The summed E-state index contributed by atoms with van der Waals surface area (Å²) in [6, 6.07) is 9.18. The van der Waals surface area contributed by atoms with Gasteiger partial charge in [0, 0.05) is 29.6 Å². The highest BCUT2D eigenvalue weighted by Crippen LogP contribution is 2.20. The molecule has 6 heteroatoms. The number of carbonyl (C=O) groups excluding carboxylic acids is 1. The molecule has 0 spiro atoms. The summed E-state index contributed by atoms with van der Waals surface area (Å²) in [5.41, 5.74) is 0.996. The minimum atomic E-state index is -0.228. The Morgan fingerprint density at radius 1 is 1.25 bits per heavy atom. The zero-order chi connectivity index (χ0) is 16.2. The van der Waals surface area contributed by atoms with E-state index in [-0.39, 0.29) is 29.9 Å². The zero-order valence-electron chi connectivity index (χ0n) is 13.9. The SMILES string of the molecule is CCCN(C(=O)c1cc(=O)[nH]c2ccccc12)C1CCNCC1.Cl. The first kappa shape index (κ1) is 18.5. The van der Waals surface area contributed by atoms with E-state index in [0.717, 1.165) is 44.3 Å². The van der Waals surface area contributed by atoms with E-state index in [1.807, 2.05) is 29.2 Å². The predicted molar refractivity (Wildman–Crippen MR) is 99.0 cm³/mol. The first-order valence-electron chi connectivity index (χ1n) is 8.34. The number of para-hydroxylation sites is 1. The van der Waals surface area contributed by atoms with Crippen molar-refractivity contribution < 1.29 is 4.79 Å². The number of nitrogens with one attached hydrogen (secondary N) is 2. The summed E-state index contributed by atoms with van der Waals surface area (Å²) in [4.78, 5) is 29.8. The molecular formula is C18H24ClN3O2. The number of fused-ring (bicyclic) bond motifs is 1. The van der Waals surface area contributed by atoms with Gasteiger partial charge in [-0.25, -0.2) is 0 Å².